The lowest BCUT2D eigenvalue weighted by atomic mass is 10.1. The largest absolute Gasteiger partial charge is 0.383 e. The Labute approximate surface area is 115 Å². The van der Waals surface area contributed by atoms with Gasteiger partial charge in [0.25, 0.3) is 0 Å². The molecule has 0 bridgehead atoms. The Hall–Kier alpha value is -2.07. The Bertz CT molecular complexity index is 740. The molecule has 0 spiro atoms. The van der Waals surface area contributed by atoms with Gasteiger partial charge < -0.3 is 5.73 Å². The van der Waals surface area contributed by atoms with Gasteiger partial charge in [-0.1, -0.05) is 42.1 Å². The van der Waals surface area contributed by atoms with Crippen LogP contribution in [-0.2, 0) is 0 Å². The molecule has 0 radical (unpaired) electrons. The fourth-order valence-electron chi connectivity index (χ4n) is 1.89. The Morgan fingerprint density at radius 3 is 2.63 bits per heavy atom. The van der Waals surface area contributed by atoms with E-state index in [2.05, 4.69) is 40.3 Å². The van der Waals surface area contributed by atoms with Gasteiger partial charge in [-0.3, -0.25) is 0 Å². The van der Waals surface area contributed by atoms with Crippen molar-refractivity contribution < 1.29 is 0 Å². The van der Waals surface area contributed by atoms with Crippen molar-refractivity contribution in [2.45, 2.75) is 16.8 Å². The van der Waals surface area contributed by atoms with Crippen LogP contribution in [0.25, 0.3) is 10.8 Å². The van der Waals surface area contributed by atoms with Gasteiger partial charge in [0.05, 0.1) is 0 Å². The standard InChI is InChI=1S/C15H13N3S/c1-10-14(16)17-9-18-15(10)19-13-7-6-11-4-2-3-5-12(11)8-13/h2-9H,1H3,(H2,16,17,18). The van der Waals surface area contributed by atoms with E-state index in [0.29, 0.717) is 5.82 Å². The van der Waals surface area contributed by atoms with E-state index in [1.807, 2.05) is 19.1 Å². The highest BCUT2D eigenvalue weighted by atomic mass is 32.2. The van der Waals surface area contributed by atoms with E-state index in [1.54, 1.807) is 11.8 Å². The molecule has 0 aliphatic heterocycles. The summed E-state index contributed by atoms with van der Waals surface area (Å²) in [5.41, 5.74) is 6.73. The smallest absolute Gasteiger partial charge is 0.130 e. The van der Waals surface area contributed by atoms with E-state index in [4.69, 9.17) is 5.73 Å². The average Bonchev–Trinajstić information content (AvgIpc) is 2.44. The third kappa shape index (κ3) is 2.39. The number of nitrogens with two attached hydrogens (primary N) is 1. The molecule has 0 aliphatic rings. The molecule has 2 N–H and O–H groups in total. The second-order valence-electron chi connectivity index (χ2n) is 4.30. The van der Waals surface area contributed by atoms with Gasteiger partial charge in [0.1, 0.15) is 17.2 Å². The van der Waals surface area contributed by atoms with Gasteiger partial charge in [-0.2, -0.15) is 0 Å². The quantitative estimate of drug-likeness (QED) is 0.720. The van der Waals surface area contributed by atoms with E-state index in [9.17, 15) is 0 Å². The molecule has 0 amide bonds. The summed E-state index contributed by atoms with van der Waals surface area (Å²) >= 11 is 1.61. The van der Waals surface area contributed by atoms with Crippen LogP contribution in [-0.4, -0.2) is 9.97 Å². The molecule has 19 heavy (non-hydrogen) atoms. The first-order valence-corrected chi connectivity index (χ1v) is 6.79. The van der Waals surface area contributed by atoms with Gasteiger partial charge in [-0.05, 0) is 29.8 Å². The minimum atomic E-state index is 0.540. The highest BCUT2D eigenvalue weighted by Gasteiger charge is 2.06. The molecule has 1 aromatic heterocycles. The number of anilines is 1. The summed E-state index contributed by atoms with van der Waals surface area (Å²) in [5.74, 6) is 0.540. The van der Waals surface area contributed by atoms with E-state index >= 15 is 0 Å². The number of fused-ring (bicyclic) bond motifs is 1. The molecule has 0 atom stereocenters. The van der Waals surface area contributed by atoms with Crippen LogP contribution in [0.4, 0.5) is 5.82 Å². The molecular weight excluding hydrogens is 254 g/mol. The summed E-state index contributed by atoms with van der Waals surface area (Å²) in [5, 5.41) is 3.38. The van der Waals surface area contributed by atoms with E-state index in [-0.39, 0.29) is 0 Å². The summed E-state index contributed by atoms with van der Waals surface area (Å²) in [4.78, 5) is 9.42. The monoisotopic (exact) mass is 267 g/mol. The molecule has 3 nitrogen and oxygen atoms in total. The summed E-state index contributed by atoms with van der Waals surface area (Å²) in [6.07, 6.45) is 1.51. The summed E-state index contributed by atoms with van der Waals surface area (Å²) in [6.45, 7) is 1.94. The molecule has 3 rings (SSSR count). The normalized spacial score (nSPS) is 10.8. The Balaban J connectivity index is 1.99. The lowest BCUT2D eigenvalue weighted by Gasteiger charge is -2.06. The molecule has 4 heteroatoms. The van der Waals surface area contributed by atoms with Gasteiger partial charge in [0.15, 0.2) is 0 Å². The topological polar surface area (TPSA) is 51.8 Å². The predicted molar refractivity (Wildman–Crippen MR) is 79.3 cm³/mol. The van der Waals surface area contributed by atoms with Gasteiger partial charge >= 0.3 is 0 Å². The number of rotatable bonds is 2. The van der Waals surface area contributed by atoms with E-state index in [1.165, 1.54) is 17.1 Å². The van der Waals surface area contributed by atoms with Crippen molar-refractivity contribution in [2.75, 3.05) is 5.73 Å². The molecule has 0 fully saturated rings. The minimum Gasteiger partial charge on any atom is -0.383 e. The van der Waals surface area contributed by atoms with Crippen molar-refractivity contribution in [3.05, 3.63) is 54.4 Å². The number of nitrogens with zero attached hydrogens (tertiary/aromatic N) is 2. The van der Waals surface area contributed by atoms with Crippen molar-refractivity contribution in [1.82, 2.24) is 9.97 Å². The van der Waals surface area contributed by atoms with Crippen LogP contribution < -0.4 is 5.73 Å². The zero-order valence-corrected chi connectivity index (χ0v) is 11.3. The second-order valence-corrected chi connectivity index (χ2v) is 5.36. The van der Waals surface area contributed by atoms with Crippen molar-refractivity contribution in [3.8, 4) is 0 Å². The van der Waals surface area contributed by atoms with E-state index < -0.39 is 0 Å². The van der Waals surface area contributed by atoms with Crippen LogP contribution in [0.1, 0.15) is 5.56 Å². The Morgan fingerprint density at radius 1 is 1.00 bits per heavy atom. The fraction of sp³-hybridized carbons (Fsp3) is 0.0667. The zero-order chi connectivity index (χ0) is 13.2. The molecule has 0 unspecified atom stereocenters. The molecule has 0 saturated carbocycles. The van der Waals surface area contributed by atoms with Gasteiger partial charge in [-0.25, -0.2) is 9.97 Å². The maximum atomic E-state index is 5.80. The highest BCUT2D eigenvalue weighted by molar-refractivity contribution is 7.99. The summed E-state index contributed by atoms with van der Waals surface area (Å²) < 4.78 is 0. The molecule has 3 aromatic rings. The number of aromatic nitrogens is 2. The van der Waals surface area contributed by atoms with Crippen LogP contribution in [0.2, 0.25) is 0 Å². The zero-order valence-electron chi connectivity index (χ0n) is 10.5. The summed E-state index contributed by atoms with van der Waals surface area (Å²) in [7, 11) is 0. The average molecular weight is 267 g/mol. The minimum absolute atomic E-state index is 0.540. The first kappa shape index (κ1) is 12.0. The van der Waals surface area contributed by atoms with Crippen molar-refractivity contribution in [1.29, 1.82) is 0 Å². The predicted octanol–water partition coefficient (Wildman–Crippen LogP) is 3.67. The van der Waals surface area contributed by atoms with Crippen molar-refractivity contribution >= 4 is 28.4 Å². The van der Waals surface area contributed by atoms with Crippen LogP contribution in [0.15, 0.2) is 58.7 Å². The molecule has 94 valence electrons. The number of benzene rings is 2. The SMILES string of the molecule is Cc1c(N)ncnc1Sc1ccc2ccccc2c1. The first-order chi connectivity index (χ1) is 9.24. The number of hydrogen-bond acceptors (Lipinski definition) is 4. The second kappa shape index (κ2) is 4.90. The molecule has 1 heterocycles. The maximum absolute atomic E-state index is 5.80. The molecular formula is C15H13N3S. The van der Waals surface area contributed by atoms with Crippen LogP contribution in [0, 0.1) is 6.92 Å². The Morgan fingerprint density at radius 2 is 1.79 bits per heavy atom. The van der Waals surface area contributed by atoms with E-state index in [0.717, 1.165) is 15.5 Å². The highest BCUT2D eigenvalue weighted by Crippen LogP contribution is 2.31. The maximum Gasteiger partial charge on any atom is 0.130 e. The fourth-order valence-corrected chi connectivity index (χ4v) is 2.79. The number of hydrogen-bond donors (Lipinski definition) is 1. The number of nitrogen functional groups attached to an aromatic ring is 1. The molecule has 2 aromatic carbocycles. The van der Waals surface area contributed by atoms with Crippen LogP contribution in [0.3, 0.4) is 0 Å². The first-order valence-electron chi connectivity index (χ1n) is 5.98. The molecule has 0 saturated heterocycles. The van der Waals surface area contributed by atoms with Crippen LogP contribution >= 0.6 is 11.8 Å². The third-order valence-electron chi connectivity index (χ3n) is 3.01. The van der Waals surface area contributed by atoms with Crippen LogP contribution in [0.5, 0.6) is 0 Å². The Kier molecular flexibility index (Phi) is 3.09. The molecule has 0 aliphatic carbocycles. The lowest BCUT2D eigenvalue weighted by molar-refractivity contribution is 1.01. The van der Waals surface area contributed by atoms with Crippen molar-refractivity contribution in [3.63, 3.8) is 0 Å². The van der Waals surface area contributed by atoms with Gasteiger partial charge in [0.2, 0.25) is 0 Å². The van der Waals surface area contributed by atoms with Crippen molar-refractivity contribution in [2.24, 2.45) is 0 Å². The lowest BCUT2D eigenvalue weighted by Crippen LogP contribution is -1.97. The third-order valence-corrected chi connectivity index (χ3v) is 4.11. The van der Waals surface area contributed by atoms with Gasteiger partial charge in [0, 0.05) is 10.5 Å². The summed E-state index contributed by atoms with van der Waals surface area (Å²) in [6, 6.07) is 14.7. The van der Waals surface area contributed by atoms with Gasteiger partial charge in [-0.15, -0.1) is 0 Å².